The van der Waals surface area contributed by atoms with Crippen molar-refractivity contribution in [1.29, 1.82) is 0 Å². The highest BCUT2D eigenvalue weighted by molar-refractivity contribution is 4.99. The molecule has 0 amide bonds. The SMILES string of the molecule is C[C@@H]1CCC[C@@H]1[C@@H]1CCC[C@@H]1[C@@H]1CCC[C@@H]1[C@@H]1CCC[C@@H]1[C@@H]1CCC[C@@H]1C. The van der Waals surface area contributed by atoms with Crippen LogP contribution in [0, 0.1) is 59.2 Å². The Morgan fingerprint density at radius 1 is 0.296 bits per heavy atom. The van der Waals surface area contributed by atoms with Gasteiger partial charge in [-0.1, -0.05) is 58.8 Å². The molecule has 0 aliphatic heterocycles. The highest BCUT2D eigenvalue weighted by Crippen LogP contribution is 2.58. The normalized spacial score (nSPS) is 53.6. The maximum atomic E-state index is 2.59. The molecule has 0 unspecified atom stereocenters. The third kappa shape index (κ3) is 3.44. The summed E-state index contributed by atoms with van der Waals surface area (Å²) in [6.07, 6.45) is 23.6. The summed E-state index contributed by atoms with van der Waals surface area (Å²) in [5.41, 5.74) is 0. The summed E-state index contributed by atoms with van der Waals surface area (Å²) in [7, 11) is 0. The molecule has 0 radical (unpaired) electrons. The van der Waals surface area contributed by atoms with Crippen LogP contribution in [0.3, 0.4) is 0 Å². The van der Waals surface area contributed by atoms with Gasteiger partial charge in [0.05, 0.1) is 0 Å². The van der Waals surface area contributed by atoms with Crippen molar-refractivity contribution in [2.75, 3.05) is 0 Å². The van der Waals surface area contributed by atoms with Gasteiger partial charge in [-0.15, -0.1) is 0 Å². The van der Waals surface area contributed by atoms with Crippen molar-refractivity contribution in [3.63, 3.8) is 0 Å². The molecular formula is C27H46. The molecule has 0 aromatic rings. The van der Waals surface area contributed by atoms with Gasteiger partial charge in [-0.05, 0) is 111 Å². The molecule has 0 saturated heterocycles. The minimum Gasteiger partial charge on any atom is -0.0622 e. The average molecular weight is 371 g/mol. The Kier molecular flexibility index (Phi) is 5.64. The fourth-order valence-electron chi connectivity index (χ4n) is 9.86. The molecule has 0 N–H and O–H groups in total. The smallest absolute Gasteiger partial charge is 0.0352 e. The van der Waals surface area contributed by atoms with Crippen molar-refractivity contribution in [2.24, 2.45) is 59.2 Å². The zero-order valence-electron chi connectivity index (χ0n) is 18.4. The van der Waals surface area contributed by atoms with Crippen molar-refractivity contribution >= 4 is 0 Å². The van der Waals surface area contributed by atoms with Crippen molar-refractivity contribution in [3.8, 4) is 0 Å². The van der Waals surface area contributed by atoms with Crippen molar-refractivity contribution in [1.82, 2.24) is 0 Å². The van der Waals surface area contributed by atoms with Crippen molar-refractivity contribution in [2.45, 2.75) is 110 Å². The molecule has 5 fully saturated rings. The molecule has 5 aliphatic rings. The summed E-state index contributed by atoms with van der Waals surface area (Å²) < 4.78 is 0. The molecule has 10 atom stereocenters. The van der Waals surface area contributed by atoms with E-state index >= 15 is 0 Å². The Morgan fingerprint density at radius 2 is 0.519 bits per heavy atom. The van der Waals surface area contributed by atoms with E-state index < -0.39 is 0 Å². The second kappa shape index (κ2) is 8.02. The third-order valence-corrected chi connectivity index (χ3v) is 10.9. The predicted molar refractivity (Wildman–Crippen MR) is 116 cm³/mol. The predicted octanol–water partition coefficient (Wildman–Crippen LogP) is 8.11. The minimum absolute atomic E-state index is 1.04. The van der Waals surface area contributed by atoms with Crippen LogP contribution in [0.15, 0.2) is 0 Å². The topological polar surface area (TPSA) is 0 Å². The van der Waals surface area contributed by atoms with Crippen LogP contribution in [0.1, 0.15) is 110 Å². The first-order chi connectivity index (χ1) is 13.2. The Balaban J connectivity index is 1.32. The van der Waals surface area contributed by atoms with E-state index in [1.807, 2.05) is 0 Å². The van der Waals surface area contributed by atoms with E-state index in [0.29, 0.717) is 0 Å². The second-order valence-corrected chi connectivity index (χ2v) is 11.9. The zero-order chi connectivity index (χ0) is 18.4. The minimum atomic E-state index is 1.04. The van der Waals surface area contributed by atoms with Crippen LogP contribution in [-0.4, -0.2) is 0 Å². The quantitative estimate of drug-likeness (QED) is 0.469. The Morgan fingerprint density at radius 3 is 0.778 bits per heavy atom. The largest absolute Gasteiger partial charge is 0.0622 e. The van der Waals surface area contributed by atoms with Crippen LogP contribution in [-0.2, 0) is 0 Å². The number of hydrogen-bond acceptors (Lipinski definition) is 0. The molecule has 0 bridgehead atoms. The van der Waals surface area contributed by atoms with Gasteiger partial charge in [0.2, 0.25) is 0 Å². The lowest BCUT2D eigenvalue weighted by molar-refractivity contribution is 0.0834. The fraction of sp³-hybridized carbons (Fsp3) is 1.00. The van der Waals surface area contributed by atoms with Gasteiger partial charge in [0, 0.05) is 0 Å². The first kappa shape index (κ1) is 19.0. The Labute approximate surface area is 169 Å². The Hall–Kier alpha value is 0. The van der Waals surface area contributed by atoms with E-state index in [1.54, 1.807) is 70.6 Å². The van der Waals surface area contributed by atoms with Crippen LogP contribution >= 0.6 is 0 Å². The van der Waals surface area contributed by atoms with Gasteiger partial charge in [0.1, 0.15) is 0 Å². The molecule has 154 valence electrons. The molecule has 0 aromatic heterocycles. The molecule has 0 spiro atoms. The summed E-state index contributed by atoms with van der Waals surface area (Å²) >= 11 is 0. The number of hydrogen-bond donors (Lipinski definition) is 0. The molecule has 5 aliphatic carbocycles. The highest BCUT2D eigenvalue weighted by atomic mass is 14.5. The molecule has 0 aromatic carbocycles. The summed E-state index contributed by atoms with van der Waals surface area (Å²) in [5, 5.41) is 0. The van der Waals surface area contributed by atoms with Gasteiger partial charge in [0.15, 0.2) is 0 Å². The van der Waals surface area contributed by atoms with Crippen LogP contribution in [0.2, 0.25) is 0 Å². The highest BCUT2D eigenvalue weighted by Gasteiger charge is 2.49. The maximum Gasteiger partial charge on any atom is -0.0352 e. The van der Waals surface area contributed by atoms with Gasteiger partial charge < -0.3 is 0 Å². The molecule has 0 nitrogen and oxygen atoms in total. The van der Waals surface area contributed by atoms with Gasteiger partial charge >= 0.3 is 0 Å². The van der Waals surface area contributed by atoms with Gasteiger partial charge in [0.25, 0.3) is 0 Å². The zero-order valence-corrected chi connectivity index (χ0v) is 18.4. The Bertz CT molecular complexity index is 450. The second-order valence-electron chi connectivity index (χ2n) is 11.9. The first-order valence-electron chi connectivity index (χ1n) is 13.2. The lowest BCUT2D eigenvalue weighted by Crippen LogP contribution is -2.34. The molecular weight excluding hydrogens is 324 g/mol. The van der Waals surface area contributed by atoms with E-state index in [1.165, 1.54) is 25.7 Å². The average Bonchev–Trinajstić information content (AvgIpc) is 3.44. The van der Waals surface area contributed by atoms with E-state index in [0.717, 1.165) is 59.2 Å². The molecule has 27 heavy (non-hydrogen) atoms. The third-order valence-electron chi connectivity index (χ3n) is 10.9. The summed E-state index contributed by atoms with van der Waals surface area (Å²) in [6.45, 7) is 5.18. The van der Waals surface area contributed by atoms with Crippen molar-refractivity contribution < 1.29 is 0 Å². The van der Waals surface area contributed by atoms with Gasteiger partial charge in [-0.2, -0.15) is 0 Å². The van der Waals surface area contributed by atoms with Crippen LogP contribution in [0.25, 0.3) is 0 Å². The van der Waals surface area contributed by atoms with Crippen molar-refractivity contribution in [3.05, 3.63) is 0 Å². The molecule has 5 saturated carbocycles. The van der Waals surface area contributed by atoms with E-state index in [-0.39, 0.29) is 0 Å². The summed E-state index contributed by atoms with van der Waals surface area (Å²) in [5.74, 6) is 11.1. The maximum absolute atomic E-state index is 2.59. The van der Waals surface area contributed by atoms with Gasteiger partial charge in [-0.25, -0.2) is 0 Å². The van der Waals surface area contributed by atoms with Crippen LogP contribution < -0.4 is 0 Å². The fourth-order valence-corrected chi connectivity index (χ4v) is 9.86. The monoisotopic (exact) mass is 370 g/mol. The lowest BCUT2D eigenvalue weighted by Gasteiger charge is -2.40. The van der Waals surface area contributed by atoms with Crippen LogP contribution in [0.5, 0.6) is 0 Å². The van der Waals surface area contributed by atoms with Gasteiger partial charge in [-0.3, -0.25) is 0 Å². The summed E-state index contributed by atoms with van der Waals surface area (Å²) in [4.78, 5) is 0. The standard InChI is InChI=1S/C27H46/c1-18-8-3-10-20(18)22-12-5-14-24(22)26-16-7-17-27(26)25-15-6-13-23(25)21-11-4-9-19(21)2/h18-27H,3-17H2,1-2H3/t18-,19+,20+,21-,22+,23-,24+,25-,26+,27-. The van der Waals surface area contributed by atoms with E-state index in [4.69, 9.17) is 0 Å². The van der Waals surface area contributed by atoms with Crippen LogP contribution in [0.4, 0.5) is 0 Å². The molecule has 0 heterocycles. The first-order valence-corrected chi connectivity index (χ1v) is 13.2. The lowest BCUT2D eigenvalue weighted by atomic mass is 9.65. The number of rotatable bonds is 4. The van der Waals surface area contributed by atoms with E-state index in [9.17, 15) is 0 Å². The molecule has 0 heteroatoms. The molecule has 5 rings (SSSR count). The van der Waals surface area contributed by atoms with E-state index in [2.05, 4.69) is 13.8 Å². The summed E-state index contributed by atoms with van der Waals surface area (Å²) in [6, 6.07) is 0.